The van der Waals surface area contributed by atoms with Gasteiger partial charge in [-0.05, 0) is 25.1 Å². The van der Waals surface area contributed by atoms with Crippen LogP contribution < -0.4 is 11.1 Å². The summed E-state index contributed by atoms with van der Waals surface area (Å²) in [6, 6.07) is 4.29. The largest absolute Gasteiger partial charge is 0.399 e. The zero-order valence-electron chi connectivity index (χ0n) is 10.9. The van der Waals surface area contributed by atoms with Gasteiger partial charge in [-0.1, -0.05) is 0 Å². The lowest BCUT2D eigenvalue weighted by Crippen LogP contribution is -2.47. The lowest BCUT2D eigenvalue weighted by Gasteiger charge is -2.32. The second-order valence-electron chi connectivity index (χ2n) is 4.68. The molecule has 0 bridgehead atoms. The number of nitrogens with two attached hydrogens (primary N) is 1. The van der Waals surface area contributed by atoms with Gasteiger partial charge in [0.2, 0.25) is 5.91 Å². The van der Waals surface area contributed by atoms with Gasteiger partial charge in [0.15, 0.2) is 0 Å². The second-order valence-corrected chi connectivity index (χ2v) is 4.68. The first-order valence-electron chi connectivity index (χ1n) is 6.23. The van der Waals surface area contributed by atoms with Gasteiger partial charge in [-0.3, -0.25) is 9.69 Å². The summed E-state index contributed by atoms with van der Waals surface area (Å²) in [6.07, 6.45) is 0. The highest BCUT2D eigenvalue weighted by atomic mass is 19.1. The summed E-state index contributed by atoms with van der Waals surface area (Å²) in [7, 11) is 0. The van der Waals surface area contributed by atoms with E-state index in [-0.39, 0.29) is 24.2 Å². The van der Waals surface area contributed by atoms with Crippen molar-refractivity contribution in [1.29, 1.82) is 0 Å². The first-order valence-corrected chi connectivity index (χ1v) is 6.23. The molecule has 1 amide bonds. The number of morpholine rings is 1. The van der Waals surface area contributed by atoms with Crippen molar-refractivity contribution < 1.29 is 13.9 Å². The van der Waals surface area contributed by atoms with E-state index in [0.717, 1.165) is 0 Å². The van der Waals surface area contributed by atoms with Gasteiger partial charge in [0, 0.05) is 18.3 Å². The summed E-state index contributed by atoms with van der Waals surface area (Å²) < 4.78 is 18.8. The third-order valence-electron chi connectivity index (χ3n) is 3.12. The molecular weight excluding hydrogens is 249 g/mol. The van der Waals surface area contributed by atoms with Gasteiger partial charge in [0.05, 0.1) is 25.4 Å². The highest BCUT2D eigenvalue weighted by molar-refractivity contribution is 5.92. The van der Waals surface area contributed by atoms with E-state index in [0.29, 0.717) is 25.4 Å². The predicted octanol–water partition coefficient (Wildman–Crippen LogP) is 1.07. The number of nitrogen functional groups attached to an aromatic ring is 1. The van der Waals surface area contributed by atoms with Crippen LogP contribution in [-0.2, 0) is 9.53 Å². The predicted molar refractivity (Wildman–Crippen MR) is 71.3 cm³/mol. The summed E-state index contributed by atoms with van der Waals surface area (Å²) in [5.41, 5.74) is 6.09. The fourth-order valence-corrected chi connectivity index (χ4v) is 2.01. The SMILES string of the molecule is CC1COCCN1CC(=O)Nc1cc(N)ccc1F. The topological polar surface area (TPSA) is 67.6 Å². The van der Waals surface area contributed by atoms with Gasteiger partial charge in [-0.2, -0.15) is 0 Å². The van der Waals surface area contributed by atoms with E-state index in [1.165, 1.54) is 18.2 Å². The van der Waals surface area contributed by atoms with Crippen LogP contribution >= 0.6 is 0 Å². The monoisotopic (exact) mass is 267 g/mol. The van der Waals surface area contributed by atoms with E-state index in [1.807, 2.05) is 11.8 Å². The molecule has 0 spiro atoms. The van der Waals surface area contributed by atoms with Crippen molar-refractivity contribution in [2.75, 3.05) is 37.4 Å². The van der Waals surface area contributed by atoms with Gasteiger partial charge >= 0.3 is 0 Å². The van der Waals surface area contributed by atoms with Crippen LogP contribution in [0.2, 0.25) is 0 Å². The molecule has 1 aromatic rings. The highest BCUT2D eigenvalue weighted by Crippen LogP contribution is 2.17. The van der Waals surface area contributed by atoms with Crippen LogP contribution in [0.25, 0.3) is 0 Å². The Morgan fingerprint density at radius 1 is 1.63 bits per heavy atom. The Balaban J connectivity index is 1.95. The summed E-state index contributed by atoms with van der Waals surface area (Å²) in [4.78, 5) is 13.9. The number of nitrogens with one attached hydrogen (secondary N) is 1. The Kier molecular flexibility index (Phi) is 4.34. The molecule has 2 rings (SSSR count). The van der Waals surface area contributed by atoms with Crippen molar-refractivity contribution in [2.24, 2.45) is 0 Å². The lowest BCUT2D eigenvalue weighted by atomic mass is 10.2. The molecule has 0 saturated carbocycles. The quantitative estimate of drug-likeness (QED) is 0.804. The number of carbonyl (C=O) groups excluding carboxylic acids is 1. The molecule has 1 saturated heterocycles. The number of carbonyl (C=O) groups is 1. The molecule has 1 unspecified atom stereocenters. The van der Waals surface area contributed by atoms with Crippen LogP contribution in [0.15, 0.2) is 18.2 Å². The number of hydrogen-bond donors (Lipinski definition) is 2. The van der Waals surface area contributed by atoms with Crippen LogP contribution in [0.1, 0.15) is 6.92 Å². The number of hydrogen-bond acceptors (Lipinski definition) is 4. The number of amides is 1. The Morgan fingerprint density at radius 3 is 3.16 bits per heavy atom. The number of ether oxygens (including phenoxy) is 1. The van der Waals surface area contributed by atoms with Gasteiger partial charge in [-0.25, -0.2) is 4.39 Å². The molecule has 1 aliphatic rings. The number of halogens is 1. The van der Waals surface area contributed by atoms with Crippen molar-refractivity contribution in [3.05, 3.63) is 24.0 Å². The van der Waals surface area contributed by atoms with E-state index >= 15 is 0 Å². The fourth-order valence-electron chi connectivity index (χ4n) is 2.01. The van der Waals surface area contributed by atoms with Crippen molar-refractivity contribution in [1.82, 2.24) is 4.90 Å². The molecule has 0 aliphatic carbocycles. The van der Waals surface area contributed by atoms with Gasteiger partial charge in [0.1, 0.15) is 5.82 Å². The van der Waals surface area contributed by atoms with E-state index in [4.69, 9.17) is 10.5 Å². The van der Waals surface area contributed by atoms with Crippen molar-refractivity contribution in [2.45, 2.75) is 13.0 Å². The highest BCUT2D eigenvalue weighted by Gasteiger charge is 2.21. The van der Waals surface area contributed by atoms with Crippen LogP contribution in [0.4, 0.5) is 15.8 Å². The lowest BCUT2D eigenvalue weighted by molar-refractivity contribution is -0.119. The number of anilines is 2. The van der Waals surface area contributed by atoms with E-state index in [2.05, 4.69) is 5.32 Å². The van der Waals surface area contributed by atoms with Crippen LogP contribution in [0, 0.1) is 5.82 Å². The molecule has 6 heteroatoms. The van der Waals surface area contributed by atoms with Gasteiger partial charge in [-0.15, -0.1) is 0 Å². The Bertz CT molecular complexity index is 467. The molecule has 19 heavy (non-hydrogen) atoms. The summed E-state index contributed by atoms with van der Waals surface area (Å²) >= 11 is 0. The van der Waals surface area contributed by atoms with Crippen molar-refractivity contribution >= 4 is 17.3 Å². The fraction of sp³-hybridized carbons (Fsp3) is 0.462. The average molecular weight is 267 g/mol. The molecule has 0 aromatic heterocycles. The van der Waals surface area contributed by atoms with Gasteiger partial charge in [0.25, 0.3) is 0 Å². The first kappa shape index (κ1) is 13.8. The average Bonchev–Trinajstić information content (AvgIpc) is 2.37. The maximum Gasteiger partial charge on any atom is 0.238 e. The van der Waals surface area contributed by atoms with E-state index in [9.17, 15) is 9.18 Å². The molecule has 104 valence electrons. The molecular formula is C13H18FN3O2. The second kappa shape index (κ2) is 5.99. The Morgan fingerprint density at radius 2 is 2.42 bits per heavy atom. The van der Waals surface area contributed by atoms with Crippen molar-refractivity contribution in [3.8, 4) is 0 Å². The van der Waals surface area contributed by atoms with Crippen molar-refractivity contribution in [3.63, 3.8) is 0 Å². The van der Waals surface area contributed by atoms with Crippen LogP contribution in [-0.4, -0.2) is 43.2 Å². The maximum absolute atomic E-state index is 13.5. The normalized spacial score (nSPS) is 20.2. The Labute approximate surface area is 111 Å². The van der Waals surface area contributed by atoms with E-state index in [1.54, 1.807) is 0 Å². The van der Waals surface area contributed by atoms with E-state index < -0.39 is 5.82 Å². The minimum absolute atomic E-state index is 0.117. The minimum Gasteiger partial charge on any atom is -0.399 e. The third-order valence-corrected chi connectivity index (χ3v) is 3.12. The minimum atomic E-state index is -0.488. The molecule has 1 fully saturated rings. The van der Waals surface area contributed by atoms with Crippen LogP contribution in [0.5, 0.6) is 0 Å². The Hall–Kier alpha value is -1.66. The molecule has 5 nitrogen and oxygen atoms in total. The standard InChI is InChI=1S/C13H18FN3O2/c1-9-8-19-5-4-17(9)7-13(18)16-12-6-10(15)2-3-11(12)14/h2-3,6,9H,4-5,7-8,15H2,1H3,(H,16,18). The molecule has 1 heterocycles. The number of nitrogens with zero attached hydrogens (tertiary/aromatic N) is 1. The molecule has 3 N–H and O–H groups in total. The number of rotatable bonds is 3. The van der Waals surface area contributed by atoms with Crippen LogP contribution in [0.3, 0.4) is 0 Å². The first-order chi connectivity index (χ1) is 9.06. The summed E-state index contributed by atoms with van der Waals surface area (Å²) in [6.45, 7) is 4.14. The molecule has 1 atom stereocenters. The molecule has 1 aliphatic heterocycles. The number of benzene rings is 1. The molecule has 0 radical (unpaired) electrons. The molecule has 1 aromatic carbocycles. The van der Waals surface area contributed by atoms with Gasteiger partial charge < -0.3 is 15.8 Å². The smallest absolute Gasteiger partial charge is 0.238 e. The maximum atomic E-state index is 13.5. The zero-order chi connectivity index (χ0) is 13.8. The third kappa shape index (κ3) is 3.65. The zero-order valence-corrected chi connectivity index (χ0v) is 10.9. The summed E-state index contributed by atoms with van der Waals surface area (Å²) in [5.74, 6) is -0.740. The summed E-state index contributed by atoms with van der Waals surface area (Å²) in [5, 5.41) is 2.54.